The number of methoxy groups -OCH3 is 1. The zero-order valence-corrected chi connectivity index (χ0v) is 10.1. The van der Waals surface area contributed by atoms with Gasteiger partial charge in [-0.15, -0.1) is 0 Å². The predicted molar refractivity (Wildman–Crippen MR) is 60.8 cm³/mol. The Kier molecular flexibility index (Phi) is 5.18. The van der Waals surface area contributed by atoms with Gasteiger partial charge in [0.25, 0.3) is 0 Å². The van der Waals surface area contributed by atoms with Crippen molar-refractivity contribution in [2.24, 2.45) is 0 Å². The molecular formula is C12H15F2NO3. The van der Waals surface area contributed by atoms with Crippen molar-refractivity contribution in [3.8, 4) is 0 Å². The molecule has 0 aliphatic carbocycles. The van der Waals surface area contributed by atoms with Gasteiger partial charge in [0.05, 0.1) is 13.2 Å². The molecule has 0 saturated heterocycles. The zero-order chi connectivity index (χ0) is 13.7. The van der Waals surface area contributed by atoms with Crippen molar-refractivity contribution in [3.63, 3.8) is 0 Å². The van der Waals surface area contributed by atoms with Gasteiger partial charge in [0.1, 0.15) is 17.7 Å². The van der Waals surface area contributed by atoms with Crippen LogP contribution in [-0.4, -0.2) is 30.8 Å². The van der Waals surface area contributed by atoms with E-state index >= 15 is 0 Å². The molecule has 0 heterocycles. The van der Waals surface area contributed by atoms with E-state index in [9.17, 15) is 18.7 Å². The molecule has 0 amide bonds. The topological polar surface area (TPSA) is 58.6 Å². The summed E-state index contributed by atoms with van der Waals surface area (Å²) in [5.74, 6) is -2.02. The first-order chi connectivity index (χ1) is 8.45. The number of hydrogen-bond acceptors (Lipinski definition) is 4. The molecular weight excluding hydrogens is 244 g/mol. The second kappa shape index (κ2) is 6.42. The number of halogens is 2. The van der Waals surface area contributed by atoms with Crippen LogP contribution in [0.3, 0.4) is 0 Å². The molecule has 1 rings (SSSR count). The number of carbonyl (C=O) groups is 1. The zero-order valence-electron chi connectivity index (χ0n) is 10.1. The Hall–Kier alpha value is -1.53. The predicted octanol–water partition coefficient (Wildman–Crippen LogP) is 1.15. The fourth-order valence-electron chi connectivity index (χ4n) is 1.43. The van der Waals surface area contributed by atoms with E-state index in [4.69, 9.17) is 0 Å². The van der Waals surface area contributed by atoms with E-state index in [1.807, 2.05) is 0 Å². The maximum atomic E-state index is 13.3. The number of benzene rings is 1. The van der Waals surface area contributed by atoms with Crippen molar-refractivity contribution < 1.29 is 23.4 Å². The molecule has 2 unspecified atom stereocenters. The first kappa shape index (κ1) is 14.5. The standard InChI is InChI=1S/C12H15F2NO3/c1-7(12(17)18-2)15-6-11(16)9-4-3-8(13)5-10(9)14/h3-5,7,11,15-16H,6H2,1-2H3. The van der Waals surface area contributed by atoms with E-state index in [0.717, 1.165) is 6.07 Å². The summed E-state index contributed by atoms with van der Waals surface area (Å²) in [6.07, 6.45) is -1.17. The Bertz CT molecular complexity index is 426. The lowest BCUT2D eigenvalue weighted by molar-refractivity contribution is -0.142. The molecule has 0 aliphatic rings. The minimum Gasteiger partial charge on any atom is -0.468 e. The average molecular weight is 259 g/mol. The molecule has 1 aromatic carbocycles. The molecule has 0 aliphatic heterocycles. The maximum absolute atomic E-state index is 13.3. The summed E-state index contributed by atoms with van der Waals surface area (Å²) in [5, 5.41) is 12.4. The number of rotatable bonds is 5. The molecule has 0 spiro atoms. The molecule has 0 saturated carbocycles. The Balaban J connectivity index is 2.60. The number of nitrogens with one attached hydrogen (secondary N) is 1. The molecule has 0 bridgehead atoms. The normalized spacial score (nSPS) is 14.1. The van der Waals surface area contributed by atoms with Gasteiger partial charge < -0.3 is 15.2 Å². The Labute approximate surface area is 104 Å². The van der Waals surface area contributed by atoms with Crippen LogP contribution in [0.15, 0.2) is 18.2 Å². The van der Waals surface area contributed by atoms with Gasteiger partial charge in [-0.1, -0.05) is 6.07 Å². The monoisotopic (exact) mass is 259 g/mol. The van der Waals surface area contributed by atoms with Crippen LogP contribution in [0.2, 0.25) is 0 Å². The van der Waals surface area contributed by atoms with Crippen LogP contribution in [0.25, 0.3) is 0 Å². The molecule has 2 atom stereocenters. The molecule has 18 heavy (non-hydrogen) atoms. The van der Waals surface area contributed by atoms with Crippen LogP contribution in [0, 0.1) is 11.6 Å². The fourth-order valence-corrected chi connectivity index (χ4v) is 1.43. The number of hydrogen-bond donors (Lipinski definition) is 2. The average Bonchev–Trinajstić information content (AvgIpc) is 2.34. The molecule has 2 N–H and O–H groups in total. The largest absolute Gasteiger partial charge is 0.468 e. The second-order valence-electron chi connectivity index (χ2n) is 3.83. The lowest BCUT2D eigenvalue weighted by Gasteiger charge is -2.16. The smallest absolute Gasteiger partial charge is 0.322 e. The summed E-state index contributed by atoms with van der Waals surface area (Å²) in [6.45, 7) is 1.51. The van der Waals surface area contributed by atoms with E-state index in [2.05, 4.69) is 10.1 Å². The first-order valence-corrected chi connectivity index (χ1v) is 5.40. The van der Waals surface area contributed by atoms with E-state index in [-0.39, 0.29) is 12.1 Å². The highest BCUT2D eigenvalue weighted by molar-refractivity contribution is 5.75. The quantitative estimate of drug-likeness (QED) is 0.779. The van der Waals surface area contributed by atoms with Crippen molar-refractivity contribution in [2.45, 2.75) is 19.1 Å². The van der Waals surface area contributed by atoms with E-state index in [0.29, 0.717) is 6.07 Å². The highest BCUT2D eigenvalue weighted by Crippen LogP contribution is 2.17. The number of esters is 1. The van der Waals surface area contributed by atoms with Crippen LogP contribution in [0.4, 0.5) is 8.78 Å². The lowest BCUT2D eigenvalue weighted by Crippen LogP contribution is -2.37. The highest BCUT2D eigenvalue weighted by Gasteiger charge is 2.17. The second-order valence-corrected chi connectivity index (χ2v) is 3.83. The molecule has 6 heteroatoms. The van der Waals surface area contributed by atoms with Crippen LogP contribution >= 0.6 is 0 Å². The third kappa shape index (κ3) is 3.75. The lowest BCUT2D eigenvalue weighted by atomic mass is 10.1. The number of ether oxygens (including phenoxy) is 1. The Morgan fingerprint density at radius 1 is 1.50 bits per heavy atom. The molecule has 1 aromatic rings. The van der Waals surface area contributed by atoms with Crippen molar-refractivity contribution in [1.82, 2.24) is 5.32 Å². The maximum Gasteiger partial charge on any atom is 0.322 e. The summed E-state index contributed by atoms with van der Waals surface area (Å²) in [6, 6.07) is 2.31. The van der Waals surface area contributed by atoms with Gasteiger partial charge in [-0.2, -0.15) is 0 Å². The fraction of sp³-hybridized carbons (Fsp3) is 0.417. The molecule has 100 valence electrons. The van der Waals surface area contributed by atoms with E-state index < -0.39 is 29.7 Å². The van der Waals surface area contributed by atoms with Crippen LogP contribution < -0.4 is 5.32 Å². The minimum absolute atomic E-state index is 0.0269. The van der Waals surface area contributed by atoms with Crippen LogP contribution in [0.1, 0.15) is 18.6 Å². The molecule has 0 fully saturated rings. The van der Waals surface area contributed by atoms with Gasteiger partial charge in [-0.05, 0) is 13.0 Å². The van der Waals surface area contributed by atoms with Gasteiger partial charge in [0, 0.05) is 18.2 Å². The minimum atomic E-state index is -1.17. The van der Waals surface area contributed by atoms with Gasteiger partial charge in [-0.25, -0.2) is 8.78 Å². The number of aliphatic hydroxyl groups is 1. The summed E-state index contributed by atoms with van der Waals surface area (Å²) < 4.78 is 30.5. The third-order valence-corrected chi connectivity index (χ3v) is 2.49. The van der Waals surface area contributed by atoms with Crippen molar-refractivity contribution >= 4 is 5.97 Å². The van der Waals surface area contributed by atoms with Crippen LogP contribution in [0.5, 0.6) is 0 Å². The molecule has 4 nitrogen and oxygen atoms in total. The summed E-state index contributed by atoms with van der Waals surface area (Å²) >= 11 is 0. The summed E-state index contributed by atoms with van der Waals surface area (Å²) in [5.41, 5.74) is -0.0269. The highest BCUT2D eigenvalue weighted by atomic mass is 19.1. The third-order valence-electron chi connectivity index (χ3n) is 2.49. The van der Waals surface area contributed by atoms with Crippen molar-refractivity contribution in [2.75, 3.05) is 13.7 Å². The Morgan fingerprint density at radius 3 is 2.72 bits per heavy atom. The summed E-state index contributed by atoms with van der Waals surface area (Å²) in [4.78, 5) is 11.1. The van der Waals surface area contributed by atoms with Gasteiger partial charge in [-0.3, -0.25) is 4.79 Å². The number of aliphatic hydroxyl groups excluding tert-OH is 1. The van der Waals surface area contributed by atoms with Gasteiger partial charge >= 0.3 is 5.97 Å². The molecule has 0 aromatic heterocycles. The first-order valence-electron chi connectivity index (χ1n) is 5.40. The van der Waals surface area contributed by atoms with E-state index in [1.165, 1.54) is 13.2 Å². The SMILES string of the molecule is COC(=O)C(C)NCC(O)c1ccc(F)cc1F. The van der Waals surface area contributed by atoms with Gasteiger partial charge in [0.2, 0.25) is 0 Å². The summed E-state index contributed by atoms with van der Waals surface area (Å²) in [7, 11) is 1.25. The number of carbonyl (C=O) groups excluding carboxylic acids is 1. The Morgan fingerprint density at radius 2 is 2.17 bits per heavy atom. The van der Waals surface area contributed by atoms with E-state index in [1.54, 1.807) is 6.92 Å². The van der Waals surface area contributed by atoms with Gasteiger partial charge in [0.15, 0.2) is 0 Å². The van der Waals surface area contributed by atoms with Crippen LogP contribution in [-0.2, 0) is 9.53 Å². The molecule has 0 radical (unpaired) electrons. The van der Waals surface area contributed by atoms with Crippen molar-refractivity contribution in [3.05, 3.63) is 35.4 Å². The van der Waals surface area contributed by atoms with Crippen molar-refractivity contribution in [1.29, 1.82) is 0 Å².